The SMILES string of the molecule is O=c1[nH]nc2cc(NC(CO)c3ccccc3)ncn12. The van der Waals surface area contributed by atoms with Gasteiger partial charge in [0.05, 0.1) is 12.6 Å². The van der Waals surface area contributed by atoms with Gasteiger partial charge in [-0.3, -0.25) is 0 Å². The van der Waals surface area contributed by atoms with Crippen LogP contribution in [0.25, 0.3) is 5.65 Å². The fourth-order valence-electron chi connectivity index (χ4n) is 1.99. The number of anilines is 1. The molecule has 7 heteroatoms. The van der Waals surface area contributed by atoms with Crippen LogP contribution in [0.3, 0.4) is 0 Å². The van der Waals surface area contributed by atoms with Gasteiger partial charge in [0.2, 0.25) is 0 Å². The number of hydrogen-bond acceptors (Lipinski definition) is 5. The van der Waals surface area contributed by atoms with E-state index in [4.69, 9.17) is 0 Å². The molecule has 0 aliphatic heterocycles. The minimum atomic E-state index is -0.333. The Kier molecular flexibility index (Phi) is 3.18. The molecule has 1 atom stereocenters. The molecule has 3 aromatic rings. The van der Waals surface area contributed by atoms with Gasteiger partial charge in [0.25, 0.3) is 0 Å². The van der Waals surface area contributed by atoms with Crippen LogP contribution in [0, 0.1) is 0 Å². The summed E-state index contributed by atoms with van der Waals surface area (Å²) >= 11 is 0. The summed E-state index contributed by atoms with van der Waals surface area (Å²) in [7, 11) is 0. The molecule has 3 N–H and O–H groups in total. The molecule has 7 nitrogen and oxygen atoms in total. The summed E-state index contributed by atoms with van der Waals surface area (Å²) in [5.41, 5.74) is 1.09. The minimum absolute atomic E-state index is 0.0652. The van der Waals surface area contributed by atoms with E-state index in [-0.39, 0.29) is 18.3 Å². The lowest BCUT2D eigenvalue weighted by molar-refractivity contribution is 0.276. The van der Waals surface area contributed by atoms with Crippen molar-refractivity contribution in [1.82, 2.24) is 19.6 Å². The van der Waals surface area contributed by atoms with E-state index in [0.717, 1.165) is 5.56 Å². The van der Waals surface area contributed by atoms with Crippen LogP contribution in [0.1, 0.15) is 11.6 Å². The van der Waals surface area contributed by atoms with Gasteiger partial charge in [0.15, 0.2) is 5.65 Å². The van der Waals surface area contributed by atoms with E-state index in [9.17, 15) is 9.90 Å². The number of benzene rings is 1. The molecular formula is C13H13N5O2. The largest absolute Gasteiger partial charge is 0.394 e. The molecular weight excluding hydrogens is 258 g/mol. The van der Waals surface area contributed by atoms with Crippen LogP contribution >= 0.6 is 0 Å². The van der Waals surface area contributed by atoms with Crippen molar-refractivity contribution in [1.29, 1.82) is 0 Å². The Labute approximate surface area is 113 Å². The van der Waals surface area contributed by atoms with Crippen LogP contribution in [-0.4, -0.2) is 31.3 Å². The van der Waals surface area contributed by atoms with Gasteiger partial charge in [-0.1, -0.05) is 30.3 Å². The van der Waals surface area contributed by atoms with Gasteiger partial charge in [0, 0.05) is 6.07 Å². The number of nitrogens with one attached hydrogen (secondary N) is 2. The summed E-state index contributed by atoms with van der Waals surface area (Å²) in [5, 5.41) is 18.8. The van der Waals surface area contributed by atoms with E-state index in [2.05, 4.69) is 20.5 Å². The summed E-state index contributed by atoms with van der Waals surface area (Å²) in [6.07, 6.45) is 1.39. The zero-order valence-corrected chi connectivity index (χ0v) is 10.5. The van der Waals surface area contributed by atoms with E-state index < -0.39 is 0 Å². The van der Waals surface area contributed by atoms with Crippen LogP contribution in [0.5, 0.6) is 0 Å². The summed E-state index contributed by atoms with van der Waals surface area (Å²) in [5.74, 6) is 0.541. The Morgan fingerprint density at radius 3 is 2.90 bits per heavy atom. The van der Waals surface area contributed by atoms with Crippen molar-refractivity contribution in [2.45, 2.75) is 6.04 Å². The number of nitrogens with zero attached hydrogens (tertiary/aromatic N) is 3. The molecule has 0 saturated heterocycles. The molecule has 2 aromatic heterocycles. The van der Waals surface area contributed by atoms with Crippen molar-refractivity contribution >= 4 is 11.5 Å². The van der Waals surface area contributed by atoms with E-state index in [1.54, 1.807) is 6.07 Å². The lowest BCUT2D eigenvalue weighted by Gasteiger charge is -2.17. The molecule has 2 heterocycles. The lowest BCUT2D eigenvalue weighted by Crippen LogP contribution is -2.16. The second-order valence-corrected chi connectivity index (χ2v) is 4.32. The number of aromatic nitrogens is 4. The van der Waals surface area contributed by atoms with Crippen LogP contribution < -0.4 is 11.0 Å². The third kappa shape index (κ3) is 2.26. The van der Waals surface area contributed by atoms with E-state index in [0.29, 0.717) is 11.5 Å². The maximum Gasteiger partial charge on any atom is 0.348 e. The van der Waals surface area contributed by atoms with Crippen LogP contribution in [0.2, 0.25) is 0 Å². The normalized spacial score (nSPS) is 12.4. The maximum absolute atomic E-state index is 11.3. The molecule has 0 amide bonds. The number of aliphatic hydroxyl groups is 1. The van der Waals surface area contributed by atoms with Gasteiger partial charge in [-0.25, -0.2) is 19.3 Å². The summed E-state index contributed by atoms with van der Waals surface area (Å²) in [6.45, 7) is -0.0652. The van der Waals surface area contributed by atoms with E-state index in [1.165, 1.54) is 10.7 Å². The Morgan fingerprint density at radius 2 is 2.15 bits per heavy atom. The molecule has 0 aliphatic carbocycles. The summed E-state index contributed by atoms with van der Waals surface area (Å²) < 4.78 is 1.31. The highest BCUT2D eigenvalue weighted by atomic mass is 16.3. The van der Waals surface area contributed by atoms with Gasteiger partial charge in [0.1, 0.15) is 12.1 Å². The van der Waals surface area contributed by atoms with Gasteiger partial charge in [-0.05, 0) is 5.56 Å². The first-order chi connectivity index (χ1) is 9.78. The van der Waals surface area contributed by atoms with Gasteiger partial charge in [-0.2, -0.15) is 5.10 Å². The average Bonchev–Trinajstić information content (AvgIpc) is 2.86. The fraction of sp³-hybridized carbons (Fsp3) is 0.154. The Bertz CT molecular complexity index is 765. The lowest BCUT2D eigenvalue weighted by atomic mass is 10.1. The van der Waals surface area contributed by atoms with Crippen molar-refractivity contribution in [3.63, 3.8) is 0 Å². The molecule has 3 rings (SSSR count). The first-order valence-electron chi connectivity index (χ1n) is 6.13. The number of hydrogen-bond donors (Lipinski definition) is 3. The number of H-pyrrole nitrogens is 1. The topological polar surface area (TPSA) is 95.3 Å². The first kappa shape index (κ1) is 12.4. The molecule has 1 aromatic carbocycles. The van der Waals surface area contributed by atoms with Crippen LogP contribution in [-0.2, 0) is 0 Å². The molecule has 0 radical (unpaired) electrons. The van der Waals surface area contributed by atoms with E-state index in [1.807, 2.05) is 30.3 Å². The monoisotopic (exact) mass is 271 g/mol. The molecule has 0 aliphatic rings. The molecule has 0 spiro atoms. The molecule has 0 bridgehead atoms. The van der Waals surface area contributed by atoms with Gasteiger partial charge in [-0.15, -0.1) is 0 Å². The predicted octanol–water partition coefficient (Wildman–Crippen LogP) is 0.563. The zero-order chi connectivity index (χ0) is 13.9. The number of rotatable bonds is 4. The fourth-order valence-corrected chi connectivity index (χ4v) is 1.99. The average molecular weight is 271 g/mol. The van der Waals surface area contributed by atoms with E-state index >= 15 is 0 Å². The molecule has 0 saturated carbocycles. The van der Waals surface area contributed by atoms with Crippen molar-refractivity contribution in [2.75, 3.05) is 11.9 Å². The summed E-state index contributed by atoms with van der Waals surface area (Å²) in [4.78, 5) is 15.5. The van der Waals surface area contributed by atoms with Crippen molar-refractivity contribution < 1.29 is 5.11 Å². The number of aliphatic hydroxyl groups excluding tert-OH is 1. The smallest absolute Gasteiger partial charge is 0.348 e. The highest BCUT2D eigenvalue weighted by Crippen LogP contribution is 2.17. The third-order valence-electron chi connectivity index (χ3n) is 3.02. The third-order valence-corrected chi connectivity index (χ3v) is 3.02. The molecule has 20 heavy (non-hydrogen) atoms. The quantitative estimate of drug-likeness (QED) is 0.644. The number of aromatic amines is 1. The highest BCUT2D eigenvalue weighted by molar-refractivity contribution is 5.49. The Morgan fingerprint density at radius 1 is 1.35 bits per heavy atom. The van der Waals surface area contributed by atoms with Gasteiger partial charge >= 0.3 is 5.69 Å². The highest BCUT2D eigenvalue weighted by Gasteiger charge is 2.11. The summed E-state index contributed by atoms with van der Waals surface area (Å²) in [6, 6.07) is 10.9. The van der Waals surface area contributed by atoms with Crippen LogP contribution in [0.4, 0.5) is 5.82 Å². The standard InChI is InChI=1S/C13H13N5O2/c19-7-10(9-4-2-1-3-5-9)15-11-6-12-16-17-13(20)18(12)8-14-11/h1-6,8,10,15,19H,7H2,(H,17,20). The molecule has 102 valence electrons. The minimum Gasteiger partial charge on any atom is -0.394 e. The second kappa shape index (κ2) is 5.14. The van der Waals surface area contributed by atoms with Crippen molar-refractivity contribution in [3.8, 4) is 0 Å². The first-order valence-corrected chi connectivity index (χ1v) is 6.13. The number of fused-ring (bicyclic) bond motifs is 1. The van der Waals surface area contributed by atoms with Crippen LogP contribution in [0.15, 0.2) is 47.5 Å². The second-order valence-electron chi connectivity index (χ2n) is 4.32. The Hall–Kier alpha value is -2.67. The van der Waals surface area contributed by atoms with Crippen molar-refractivity contribution in [3.05, 3.63) is 58.8 Å². The predicted molar refractivity (Wildman–Crippen MR) is 73.5 cm³/mol. The molecule has 0 fully saturated rings. The van der Waals surface area contributed by atoms with Gasteiger partial charge < -0.3 is 10.4 Å². The Balaban J connectivity index is 1.89. The zero-order valence-electron chi connectivity index (χ0n) is 10.5. The maximum atomic E-state index is 11.3. The molecule has 1 unspecified atom stereocenters. The van der Waals surface area contributed by atoms with Crippen molar-refractivity contribution in [2.24, 2.45) is 0 Å².